The third kappa shape index (κ3) is 3.59. The Balaban J connectivity index is 2.23. The number of hydrogen-bond donors (Lipinski definition) is 1. The van der Waals surface area contributed by atoms with Gasteiger partial charge in [-0.05, 0) is 23.8 Å². The maximum atomic E-state index is 11.9. The largest absolute Gasteiger partial charge is 0.284 e. The first-order valence-corrected chi connectivity index (χ1v) is 7.73. The van der Waals surface area contributed by atoms with Crippen LogP contribution in [0.3, 0.4) is 0 Å². The molecule has 2 aromatic rings. The average Bonchev–Trinajstić information content (AvgIpc) is 2.85. The van der Waals surface area contributed by atoms with E-state index in [1.165, 1.54) is 18.3 Å². The van der Waals surface area contributed by atoms with Crippen molar-refractivity contribution in [2.75, 3.05) is 5.75 Å². The SMILES string of the molecule is O=S(=O)(CC(Cl)=Cc1ccccc1Cl)c1cc[nH]n1. The van der Waals surface area contributed by atoms with Crippen molar-refractivity contribution in [1.29, 1.82) is 0 Å². The Morgan fingerprint density at radius 1 is 1.32 bits per heavy atom. The smallest absolute Gasteiger partial charge is 0.202 e. The molecule has 1 aromatic carbocycles. The minimum Gasteiger partial charge on any atom is -0.284 e. The molecule has 0 spiro atoms. The highest BCUT2D eigenvalue weighted by Crippen LogP contribution is 2.21. The molecule has 0 aliphatic carbocycles. The number of aromatic amines is 1. The molecule has 0 fully saturated rings. The van der Waals surface area contributed by atoms with Gasteiger partial charge in [-0.15, -0.1) is 0 Å². The van der Waals surface area contributed by atoms with Crippen molar-refractivity contribution in [3.05, 3.63) is 52.1 Å². The predicted molar refractivity (Wildman–Crippen MR) is 75.9 cm³/mol. The minimum atomic E-state index is -3.53. The first-order valence-electron chi connectivity index (χ1n) is 5.32. The number of nitrogens with one attached hydrogen (secondary N) is 1. The van der Waals surface area contributed by atoms with E-state index in [9.17, 15) is 8.42 Å². The van der Waals surface area contributed by atoms with Crippen LogP contribution < -0.4 is 0 Å². The lowest BCUT2D eigenvalue weighted by molar-refractivity contribution is 0.594. The Hall–Kier alpha value is -1.30. The summed E-state index contributed by atoms with van der Waals surface area (Å²) in [7, 11) is -3.53. The lowest BCUT2D eigenvalue weighted by atomic mass is 10.2. The third-order valence-corrected chi connectivity index (χ3v) is 4.64. The molecule has 0 bridgehead atoms. The third-order valence-electron chi connectivity index (χ3n) is 2.34. The molecule has 0 atom stereocenters. The second-order valence-electron chi connectivity index (χ2n) is 3.78. The molecule has 0 saturated heterocycles. The van der Waals surface area contributed by atoms with Crippen molar-refractivity contribution in [1.82, 2.24) is 10.2 Å². The predicted octanol–water partition coefficient (Wildman–Crippen LogP) is 3.12. The average molecular weight is 317 g/mol. The maximum Gasteiger partial charge on any atom is 0.202 e. The Bertz CT molecular complexity index is 694. The zero-order chi connectivity index (χ0) is 13.9. The van der Waals surface area contributed by atoms with Crippen LogP contribution in [0.5, 0.6) is 0 Å². The fourth-order valence-electron chi connectivity index (χ4n) is 1.48. The van der Waals surface area contributed by atoms with Crippen LogP contribution in [-0.2, 0) is 9.84 Å². The normalized spacial score (nSPS) is 12.6. The van der Waals surface area contributed by atoms with E-state index in [0.717, 1.165) is 0 Å². The number of sulfone groups is 1. The summed E-state index contributed by atoms with van der Waals surface area (Å²) < 4.78 is 23.9. The van der Waals surface area contributed by atoms with E-state index in [1.807, 2.05) is 0 Å². The molecule has 0 aliphatic heterocycles. The number of H-pyrrole nitrogens is 1. The zero-order valence-corrected chi connectivity index (χ0v) is 12.0. The lowest BCUT2D eigenvalue weighted by Crippen LogP contribution is -2.07. The van der Waals surface area contributed by atoms with Crippen LogP contribution >= 0.6 is 23.2 Å². The van der Waals surface area contributed by atoms with E-state index in [0.29, 0.717) is 10.6 Å². The second kappa shape index (κ2) is 5.77. The summed E-state index contributed by atoms with van der Waals surface area (Å²) in [6.45, 7) is 0. The van der Waals surface area contributed by atoms with Crippen LogP contribution in [0.25, 0.3) is 6.08 Å². The van der Waals surface area contributed by atoms with Crippen LogP contribution in [0.1, 0.15) is 5.56 Å². The van der Waals surface area contributed by atoms with Gasteiger partial charge >= 0.3 is 0 Å². The molecule has 0 amide bonds. The molecule has 7 heteroatoms. The van der Waals surface area contributed by atoms with Crippen molar-refractivity contribution < 1.29 is 8.42 Å². The van der Waals surface area contributed by atoms with Gasteiger partial charge in [-0.1, -0.05) is 41.4 Å². The Labute approximate surface area is 121 Å². The van der Waals surface area contributed by atoms with Gasteiger partial charge in [-0.25, -0.2) is 8.42 Å². The van der Waals surface area contributed by atoms with Gasteiger partial charge < -0.3 is 0 Å². The van der Waals surface area contributed by atoms with Gasteiger partial charge in [0.1, 0.15) is 0 Å². The molecule has 1 aromatic heterocycles. The quantitative estimate of drug-likeness (QED) is 0.942. The Morgan fingerprint density at radius 2 is 2.05 bits per heavy atom. The van der Waals surface area contributed by atoms with Gasteiger partial charge in [-0.2, -0.15) is 5.10 Å². The first kappa shape index (κ1) is 14.1. The fourth-order valence-corrected chi connectivity index (χ4v) is 3.28. The second-order valence-corrected chi connectivity index (χ2v) is 6.61. The van der Waals surface area contributed by atoms with Crippen LogP contribution in [0.2, 0.25) is 5.02 Å². The highest BCUT2D eigenvalue weighted by atomic mass is 35.5. The topological polar surface area (TPSA) is 62.8 Å². The van der Waals surface area contributed by atoms with E-state index in [2.05, 4.69) is 10.2 Å². The minimum absolute atomic E-state index is 0.0294. The van der Waals surface area contributed by atoms with Gasteiger partial charge in [0.15, 0.2) is 5.03 Å². The van der Waals surface area contributed by atoms with E-state index in [4.69, 9.17) is 23.2 Å². The molecule has 2 rings (SSSR count). The summed E-state index contributed by atoms with van der Waals surface area (Å²) in [4.78, 5) is 0. The van der Waals surface area contributed by atoms with Gasteiger partial charge in [0, 0.05) is 16.3 Å². The summed E-state index contributed by atoms with van der Waals surface area (Å²) in [6.07, 6.45) is 2.98. The van der Waals surface area contributed by atoms with Crippen LogP contribution in [-0.4, -0.2) is 24.4 Å². The number of halogens is 2. The molecule has 0 aliphatic rings. The van der Waals surface area contributed by atoms with Crippen molar-refractivity contribution in [2.45, 2.75) is 5.03 Å². The van der Waals surface area contributed by atoms with E-state index < -0.39 is 9.84 Å². The summed E-state index contributed by atoms with van der Waals surface area (Å²) in [5, 5.41) is 6.76. The number of aromatic nitrogens is 2. The highest BCUT2D eigenvalue weighted by Gasteiger charge is 2.18. The molecule has 19 heavy (non-hydrogen) atoms. The van der Waals surface area contributed by atoms with Crippen LogP contribution in [0.15, 0.2) is 46.6 Å². The monoisotopic (exact) mass is 316 g/mol. The lowest BCUT2D eigenvalue weighted by Gasteiger charge is -2.01. The van der Waals surface area contributed by atoms with E-state index in [-0.39, 0.29) is 15.8 Å². The number of benzene rings is 1. The van der Waals surface area contributed by atoms with Crippen molar-refractivity contribution in [2.24, 2.45) is 0 Å². The van der Waals surface area contributed by atoms with Gasteiger partial charge in [-0.3, -0.25) is 5.10 Å². The van der Waals surface area contributed by atoms with Crippen molar-refractivity contribution in [3.8, 4) is 0 Å². The molecule has 0 saturated carbocycles. The molecular formula is C12H10Cl2N2O2S. The van der Waals surface area contributed by atoms with Gasteiger partial charge in [0.05, 0.1) is 5.75 Å². The molecule has 1 N–H and O–H groups in total. The molecule has 100 valence electrons. The van der Waals surface area contributed by atoms with Crippen LogP contribution in [0.4, 0.5) is 0 Å². The van der Waals surface area contributed by atoms with Crippen molar-refractivity contribution >= 4 is 39.1 Å². The summed E-state index contributed by atoms with van der Waals surface area (Å²) in [5.41, 5.74) is 0.673. The molecule has 1 heterocycles. The van der Waals surface area contributed by atoms with Crippen molar-refractivity contribution in [3.63, 3.8) is 0 Å². The number of nitrogens with zero attached hydrogens (tertiary/aromatic N) is 1. The fraction of sp³-hybridized carbons (Fsp3) is 0.0833. The van der Waals surface area contributed by atoms with E-state index in [1.54, 1.807) is 24.3 Å². The summed E-state index contributed by atoms with van der Waals surface area (Å²) in [5.74, 6) is -0.315. The van der Waals surface area contributed by atoms with Crippen LogP contribution in [0, 0.1) is 0 Å². The molecule has 0 unspecified atom stereocenters. The number of hydrogen-bond acceptors (Lipinski definition) is 3. The molecule has 0 radical (unpaired) electrons. The first-order chi connectivity index (χ1) is 8.99. The highest BCUT2D eigenvalue weighted by molar-refractivity contribution is 7.91. The summed E-state index contributed by atoms with van der Waals surface area (Å²) >= 11 is 11.9. The molecule has 4 nitrogen and oxygen atoms in total. The van der Waals surface area contributed by atoms with Gasteiger partial charge in [0.25, 0.3) is 0 Å². The molecular weight excluding hydrogens is 307 g/mol. The maximum absolute atomic E-state index is 11.9. The van der Waals surface area contributed by atoms with Gasteiger partial charge in [0.2, 0.25) is 9.84 Å². The Kier molecular flexibility index (Phi) is 4.29. The zero-order valence-electron chi connectivity index (χ0n) is 9.68. The Morgan fingerprint density at radius 3 is 2.68 bits per heavy atom. The summed E-state index contributed by atoms with van der Waals surface area (Å²) in [6, 6.07) is 8.43. The number of rotatable bonds is 4. The van der Waals surface area contributed by atoms with E-state index >= 15 is 0 Å². The standard InChI is InChI=1S/C12H10Cl2N2O2S/c13-10(7-9-3-1-2-4-11(9)14)8-19(17,18)12-5-6-15-16-12/h1-7H,8H2,(H,15,16).